The number of nitrogens with two attached hydrogens (primary N) is 2. The van der Waals surface area contributed by atoms with Gasteiger partial charge in [-0.05, 0) is 53.3 Å². The Hall–Kier alpha value is -3.96. The van der Waals surface area contributed by atoms with Gasteiger partial charge >= 0.3 is 0 Å². The van der Waals surface area contributed by atoms with Crippen LogP contribution in [0.4, 0.5) is 11.4 Å². The van der Waals surface area contributed by atoms with Crippen molar-refractivity contribution in [3.63, 3.8) is 0 Å². The molecule has 3 amide bonds. The SMILES string of the molecule is CCc1ccc(N(C(=O)c2snc(C(N)=O)c2N)[C@H](C(=O)NCCOC)c2ccc(OC)cc2)cc1. The third-order valence-electron chi connectivity index (χ3n) is 5.54. The Bertz CT molecular complexity index is 1210. The number of aryl methyl sites for hydroxylation is 1. The summed E-state index contributed by atoms with van der Waals surface area (Å²) in [7, 11) is 3.07. The summed E-state index contributed by atoms with van der Waals surface area (Å²) < 4.78 is 14.3. The molecule has 0 saturated carbocycles. The molecule has 1 atom stereocenters. The predicted octanol–water partition coefficient (Wildman–Crippen LogP) is 2.55. The lowest BCUT2D eigenvalue weighted by Crippen LogP contribution is -2.44. The van der Waals surface area contributed by atoms with Gasteiger partial charge in [0.1, 0.15) is 16.7 Å². The number of primary amides is 1. The third kappa shape index (κ3) is 5.81. The summed E-state index contributed by atoms with van der Waals surface area (Å²) in [6.07, 6.45) is 0.803. The van der Waals surface area contributed by atoms with Crippen molar-refractivity contribution in [2.45, 2.75) is 19.4 Å². The minimum atomic E-state index is -1.08. The zero-order valence-corrected chi connectivity index (χ0v) is 21.1. The lowest BCUT2D eigenvalue weighted by Gasteiger charge is -2.31. The van der Waals surface area contributed by atoms with Crippen LogP contribution in [0.25, 0.3) is 0 Å². The van der Waals surface area contributed by atoms with Crippen molar-refractivity contribution in [3.8, 4) is 5.75 Å². The quantitative estimate of drug-likeness (QED) is 0.335. The molecule has 0 spiro atoms. The van der Waals surface area contributed by atoms with E-state index in [9.17, 15) is 14.4 Å². The number of hydrogen-bond acceptors (Lipinski definition) is 8. The summed E-state index contributed by atoms with van der Waals surface area (Å²) in [5.74, 6) is -1.27. The number of nitrogens with one attached hydrogen (secondary N) is 1. The molecule has 11 heteroatoms. The summed E-state index contributed by atoms with van der Waals surface area (Å²) in [5.41, 5.74) is 13.2. The minimum absolute atomic E-state index is 0.00608. The average molecular weight is 512 g/mol. The van der Waals surface area contributed by atoms with Crippen LogP contribution in [-0.4, -0.2) is 49.5 Å². The van der Waals surface area contributed by atoms with Gasteiger partial charge in [0.05, 0.1) is 19.4 Å². The highest BCUT2D eigenvalue weighted by atomic mass is 32.1. The maximum Gasteiger partial charge on any atom is 0.273 e. The van der Waals surface area contributed by atoms with Crippen molar-refractivity contribution < 1.29 is 23.9 Å². The van der Waals surface area contributed by atoms with E-state index < -0.39 is 23.8 Å². The lowest BCUT2D eigenvalue weighted by molar-refractivity contribution is -0.122. The molecule has 2 aromatic carbocycles. The standard InChI is InChI=1S/C25H29N5O5S/c1-4-15-5-9-17(10-6-15)30(25(33)22-19(26)20(23(27)31)29-36-22)21(24(32)28-13-14-34-2)16-7-11-18(35-3)12-8-16/h5-12,21H,4,13-14,26H2,1-3H3,(H2,27,31)(H,28,32)/t21-/m0/s1. The molecule has 10 nitrogen and oxygen atoms in total. The lowest BCUT2D eigenvalue weighted by atomic mass is 10.0. The monoisotopic (exact) mass is 511 g/mol. The fourth-order valence-electron chi connectivity index (χ4n) is 3.59. The van der Waals surface area contributed by atoms with Crippen LogP contribution in [0.15, 0.2) is 48.5 Å². The fraction of sp³-hybridized carbons (Fsp3) is 0.280. The van der Waals surface area contributed by atoms with E-state index in [0.29, 0.717) is 23.6 Å². The molecule has 3 aromatic rings. The zero-order valence-electron chi connectivity index (χ0n) is 20.3. The molecule has 1 heterocycles. The van der Waals surface area contributed by atoms with Crippen LogP contribution in [0.1, 0.15) is 44.3 Å². The number of nitrogens with zero attached hydrogens (tertiary/aromatic N) is 2. The Labute approximate surface area is 213 Å². The number of ether oxygens (including phenoxy) is 2. The van der Waals surface area contributed by atoms with Crippen LogP contribution in [0.5, 0.6) is 5.75 Å². The van der Waals surface area contributed by atoms with E-state index in [-0.39, 0.29) is 22.8 Å². The average Bonchev–Trinajstić information content (AvgIpc) is 3.28. The smallest absolute Gasteiger partial charge is 0.273 e. The van der Waals surface area contributed by atoms with Gasteiger partial charge in [0.25, 0.3) is 11.8 Å². The molecule has 36 heavy (non-hydrogen) atoms. The topological polar surface area (TPSA) is 150 Å². The molecule has 0 aliphatic carbocycles. The Morgan fingerprint density at radius 1 is 1.08 bits per heavy atom. The normalized spacial score (nSPS) is 11.5. The Morgan fingerprint density at radius 3 is 2.28 bits per heavy atom. The van der Waals surface area contributed by atoms with Crippen molar-refractivity contribution in [2.75, 3.05) is 38.0 Å². The van der Waals surface area contributed by atoms with Crippen LogP contribution >= 0.6 is 11.5 Å². The van der Waals surface area contributed by atoms with Crippen LogP contribution in [-0.2, 0) is 16.0 Å². The van der Waals surface area contributed by atoms with Crippen molar-refractivity contribution in [1.29, 1.82) is 0 Å². The van der Waals surface area contributed by atoms with Crippen molar-refractivity contribution in [2.24, 2.45) is 5.73 Å². The maximum atomic E-state index is 14.0. The number of anilines is 2. The van der Waals surface area contributed by atoms with E-state index in [0.717, 1.165) is 23.5 Å². The van der Waals surface area contributed by atoms with Gasteiger partial charge < -0.3 is 26.3 Å². The summed E-state index contributed by atoms with van der Waals surface area (Å²) in [5, 5.41) is 2.82. The van der Waals surface area contributed by atoms with Crippen molar-refractivity contribution in [1.82, 2.24) is 9.69 Å². The second kappa shape index (κ2) is 12.1. The number of aromatic nitrogens is 1. The maximum absolute atomic E-state index is 14.0. The number of carbonyl (C=O) groups is 3. The number of amides is 3. The molecule has 0 aliphatic heterocycles. The number of carbonyl (C=O) groups excluding carboxylic acids is 3. The molecule has 3 rings (SSSR count). The molecule has 0 radical (unpaired) electrons. The molecular formula is C25H29N5O5S. The number of methoxy groups -OCH3 is 2. The van der Waals surface area contributed by atoms with E-state index in [1.54, 1.807) is 36.4 Å². The van der Waals surface area contributed by atoms with Crippen LogP contribution in [0.2, 0.25) is 0 Å². The van der Waals surface area contributed by atoms with Crippen LogP contribution < -0.4 is 26.4 Å². The highest BCUT2D eigenvalue weighted by molar-refractivity contribution is 7.09. The van der Waals surface area contributed by atoms with E-state index >= 15 is 0 Å². The molecule has 1 aromatic heterocycles. The third-order valence-corrected chi connectivity index (χ3v) is 6.39. The molecule has 190 valence electrons. The minimum Gasteiger partial charge on any atom is -0.497 e. The molecule has 0 aliphatic rings. The van der Waals surface area contributed by atoms with E-state index in [2.05, 4.69) is 9.69 Å². The van der Waals surface area contributed by atoms with E-state index in [1.807, 2.05) is 19.1 Å². The summed E-state index contributed by atoms with van der Waals surface area (Å²) in [6.45, 7) is 2.56. The first-order valence-corrected chi connectivity index (χ1v) is 12.0. The largest absolute Gasteiger partial charge is 0.497 e. The van der Waals surface area contributed by atoms with E-state index in [4.69, 9.17) is 20.9 Å². The number of nitrogen functional groups attached to an aromatic ring is 1. The molecular weight excluding hydrogens is 482 g/mol. The van der Waals surface area contributed by atoms with Gasteiger partial charge in [0, 0.05) is 19.3 Å². The highest BCUT2D eigenvalue weighted by Gasteiger charge is 2.36. The summed E-state index contributed by atoms with van der Waals surface area (Å²) in [6, 6.07) is 13.1. The summed E-state index contributed by atoms with van der Waals surface area (Å²) >= 11 is 0.756. The Balaban J connectivity index is 2.17. The van der Waals surface area contributed by atoms with Gasteiger partial charge in [0.15, 0.2) is 5.69 Å². The molecule has 0 saturated heterocycles. The second-order valence-electron chi connectivity index (χ2n) is 7.79. The van der Waals surface area contributed by atoms with Gasteiger partial charge in [-0.3, -0.25) is 19.3 Å². The first-order chi connectivity index (χ1) is 17.3. The van der Waals surface area contributed by atoms with Gasteiger partial charge in [0.2, 0.25) is 5.91 Å². The zero-order chi connectivity index (χ0) is 26.2. The molecule has 0 fully saturated rings. The molecule has 0 unspecified atom stereocenters. The first kappa shape index (κ1) is 26.6. The Kier molecular flexibility index (Phi) is 8.98. The predicted molar refractivity (Wildman–Crippen MR) is 138 cm³/mol. The van der Waals surface area contributed by atoms with E-state index in [1.165, 1.54) is 19.1 Å². The van der Waals surface area contributed by atoms with Gasteiger partial charge in [-0.2, -0.15) is 4.37 Å². The number of hydrogen-bond donors (Lipinski definition) is 3. The fourth-order valence-corrected chi connectivity index (χ4v) is 4.33. The molecule has 5 N–H and O–H groups in total. The van der Waals surface area contributed by atoms with Gasteiger partial charge in [-0.15, -0.1) is 0 Å². The molecule has 0 bridgehead atoms. The highest BCUT2D eigenvalue weighted by Crippen LogP contribution is 2.34. The van der Waals surface area contributed by atoms with Crippen molar-refractivity contribution >= 4 is 40.6 Å². The first-order valence-electron chi connectivity index (χ1n) is 11.2. The Morgan fingerprint density at radius 2 is 1.75 bits per heavy atom. The van der Waals surface area contributed by atoms with Crippen molar-refractivity contribution in [3.05, 3.63) is 70.2 Å². The van der Waals surface area contributed by atoms with Crippen LogP contribution in [0, 0.1) is 0 Å². The number of benzene rings is 2. The summed E-state index contributed by atoms with van der Waals surface area (Å²) in [4.78, 5) is 40.6. The van der Waals surface area contributed by atoms with Crippen LogP contribution in [0.3, 0.4) is 0 Å². The number of rotatable bonds is 11. The van der Waals surface area contributed by atoms with Gasteiger partial charge in [-0.1, -0.05) is 31.2 Å². The van der Waals surface area contributed by atoms with Gasteiger partial charge in [-0.25, -0.2) is 0 Å². The second-order valence-corrected chi connectivity index (χ2v) is 8.57.